The first kappa shape index (κ1) is 11.5. The number of anilines is 1. The maximum Gasteiger partial charge on any atom is 0.228 e. The van der Waals surface area contributed by atoms with E-state index in [9.17, 15) is 0 Å². The molecule has 1 heterocycles. The smallest absolute Gasteiger partial charge is 0.228 e. The summed E-state index contributed by atoms with van der Waals surface area (Å²) in [5.74, 6) is 1.46. The summed E-state index contributed by atoms with van der Waals surface area (Å²) in [5.41, 5.74) is 1.02. The fourth-order valence-corrected chi connectivity index (χ4v) is 1.67. The van der Waals surface area contributed by atoms with Gasteiger partial charge >= 0.3 is 0 Å². The van der Waals surface area contributed by atoms with E-state index in [0.29, 0.717) is 0 Å². The molecule has 0 aliphatic heterocycles. The Bertz CT molecular complexity index is 466. The molecule has 0 saturated carbocycles. The first-order valence-corrected chi connectivity index (χ1v) is 5.84. The van der Waals surface area contributed by atoms with E-state index < -0.39 is 0 Å². The zero-order valence-corrected chi connectivity index (χ0v) is 10.2. The second kappa shape index (κ2) is 5.39. The van der Waals surface area contributed by atoms with Crippen LogP contribution in [0.15, 0.2) is 36.7 Å². The molecular weight excluding hydrogens is 212 g/mol. The van der Waals surface area contributed by atoms with E-state index in [2.05, 4.69) is 33.7 Å². The Morgan fingerprint density at radius 1 is 1.00 bits per heavy atom. The van der Waals surface area contributed by atoms with Crippen LogP contribution in [0.2, 0.25) is 0 Å². The maximum atomic E-state index is 4.49. The molecule has 0 N–H and O–H groups in total. The van der Waals surface area contributed by atoms with Gasteiger partial charge in [0.1, 0.15) is 6.33 Å². The molecule has 2 rings (SSSR count). The SMILES string of the molecule is CCN(CC)c1ncnc(-c2ccccc2)n1. The topological polar surface area (TPSA) is 41.9 Å². The van der Waals surface area contributed by atoms with E-state index in [1.165, 1.54) is 0 Å². The van der Waals surface area contributed by atoms with Crippen molar-refractivity contribution < 1.29 is 0 Å². The fraction of sp³-hybridized carbons (Fsp3) is 0.308. The van der Waals surface area contributed by atoms with E-state index in [-0.39, 0.29) is 0 Å². The molecule has 0 aliphatic carbocycles. The normalized spacial score (nSPS) is 10.2. The summed E-state index contributed by atoms with van der Waals surface area (Å²) >= 11 is 0. The number of aromatic nitrogens is 3. The average molecular weight is 228 g/mol. The lowest BCUT2D eigenvalue weighted by molar-refractivity contribution is 0.813. The van der Waals surface area contributed by atoms with Crippen molar-refractivity contribution in [2.75, 3.05) is 18.0 Å². The van der Waals surface area contributed by atoms with Gasteiger partial charge < -0.3 is 4.90 Å². The van der Waals surface area contributed by atoms with Crippen molar-refractivity contribution >= 4 is 5.95 Å². The van der Waals surface area contributed by atoms with Gasteiger partial charge in [-0.15, -0.1) is 0 Å². The van der Waals surface area contributed by atoms with Crippen LogP contribution in [0.4, 0.5) is 5.95 Å². The fourth-order valence-electron chi connectivity index (χ4n) is 1.67. The molecular formula is C13H16N4. The third-order valence-corrected chi connectivity index (χ3v) is 2.64. The van der Waals surface area contributed by atoms with Gasteiger partial charge in [-0.2, -0.15) is 4.98 Å². The highest BCUT2D eigenvalue weighted by molar-refractivity contribution is 5.55. The number of nitrogens with zero attached hydrogens (tertiary/aromatic N) is 4. The van der Waals surface area contributed by atoms with Gasteiger partial charge in [-0.3, -0.25) is 0 Å². The maximum absolute atomic E-state index is 4.49. The van der Waals surface area contributed by atoms with Gasteiger partial charge in [0.25, 0.3) is 0 Å². The summed E-state index contributed by atoms with van der Waals surface area (Å²) in [5, 5.41) is 0. The molecule has 17 heavy (non-hydrogen) atoms. The Labute approximate surface area is 101 Å². The van der Waals surface area contributed by atoms with Crippen LogP contribution in [0.25, 0.3) is 11.4 Å². The molecule has 0 unspecified atom stereocenters. The number of hydrogen-bond donors (Lipinski definition) is 0. The highest BCUT2D eigenvalue weighted by atomic mass is 15.3. The van der Waals surface area contributed by atoms with Crippen molar-refractivity contribution in [2.24, 2.45) is 0 Å². The largest absolute Gasteiger partial charge is 0.341 e. The lowest BCUT2D eigenvalue weighted by Crippen LogP contribution is -2.24. The molecule has 0 spiro atoms. The highest BCUT2D eigenvalue weighted by Crippen LogP contribution is 2.15. The van der Waals surface area contributed by atoms with E-state index in [0.717, 1.165) is 30.4 Å². The van der Waals surface area contributed by atoms with Gasteiger partial charge in [0, 0.05) is 18.7 Å². The van der Waals surface area contributed by atoms with Crippen molar-refractivity contribution in [1.82, 2.24) is 15.0 Å². The quantitative estimate of drug-likeness (QED) is 0.805. The first-order valence-electron chi connectivity index (χ1n) is 5.84. The van der Waals surface area contributed by atoms with E-state index in [1.54, 1.807) is 6.33 Å². The Morgan fingerprint density at radius 2 is 1.71 bits per heavy atom. The third kappa shape index (κ3) is 2.58. The van der Waals surface area contributed by atoms with Gasteiger partial charge in [0.15, 0.2) is 5.82 Å². The second-order valence-electron chi connectivity index (χ2n) is 3.65. The van der Waals surface area contributed by atoms with Crippen LogP contribution in [0.3, 0.4) is 0 Å². The molecule has 0 saturated heterocycles. The second-order valence-corrected chi connectivity index (χ2v) is 3.65. The Balaban J connectivity index is 2.35. The Hall–Kier alpha value is -1.97. The molecule has 0 fully saturated rings. The Kier molecular flexibility index (Phi) is 3.65. The van der Waals surface area contributed by atoms with Crippen LogP contribution in [0.5, 0.6) is 0 Å². The number of benzene rings is 1. The highest BCUT2D eigenvalue weighted by Gasteiger charge is 2.07. The predicted octanol–water partition coefficient (Wildman–Crippen LogP) is 2.38. The number of hydrogen-bond acceptors (Lipinski definition) is 4. The summed E-state index contributed by atoms with van der Waals surface area (Å²) in [6.07, 6.45) is 1.57. The van der Waals surface area contributed by atoms with Gasteiger partial charge in [0.2, 0.25) is 5.95 Å². The molecule has 0 bridgehead atoms. The standard InChI is InChI=1S/C13H16N4/c1-3-17(4-2)13-15-10-14-12(16-13)11-8-6-5-7-9-11/h5-10H,3-4H2,1-2H3. The Morgan fingerprint density at radius 3 is 2.35 bits per heavy atom. The summed E-state index contributed by atoms with van der Waals surface area (Å²) in [7, 11) is 0. The zero-order chi connectivity index (χ0) is 12.1. The lowest BCUT2D eigenvalue weighted by Gasteiger charge is -2.18. The average Bonchev–Trinajstić information content (AvgIpc) is 2.42. The van der Waals surface area contributed by atoms with Gasteiger partial charge in [-0.25, -0.2) is 9.97 Å². The van der Waals surface area contributed by atoms with Crippen LogP contribution >= 0.6 is 0 Å². The third-order valence-electron chi connectivity index (χ3n) is 2.64. The van der Waals surface area contributed by atoms with Crippen LogP contribution in [0, 0.1) is 0 Å². The van der Waals surface area contributed by atoms with Gasteiger partial charge in [0.05, 0.1) is 0 Å². The molecule has 0 amide bonds. The molecule has 0 radical (unpaired) electrons. The van der Waals surface area contributed by atoms with Crippen molar-refractivity contribution in [3.63, 3.8) is 0 Å². The van der Waals surface area contributed by atoms with E-state index in [4.69, 9.17) is 0 Å². The van der Waals surface area contributed by atoms with Crippen LogP contribution < -0.4 is 4.90 Å². The number of rotatable bonds is 4. The minimum absolute atomic E-state index is 0.725. The summed E-state index contributed by atoms with van der Waals surface area (Å²) < 4.78 is 0. The van der Waals surface area contributed by atoms with Crippen LogP contribution in [0.1, 0.15) is 13.8 Å². The van der Waals surface area contributed by atoms with E-state index in [1.807, 2.05) is 30.3 Å². The van der Waals surface area contributed by atoms with Crippen molar-refractivity contribution in [2.45, 2.75) is 13.8 Å². The predicted molar refractivity (Wildman–Crippen MR) is 68.8 cm³/mol. The zero-order valence-electron chi connectivity index (χ0n) is 10.2. The summed E-state index contributed by atoms with van der Waals surface area (Å²) in [6.45, 7) is 5.98. The van der Waals surface area contributed by atoms with Crippen LogP contribution in [-0.4, -0.2) is 28.0 Å². The van der Waals surface area contributed by atoms with Gasteiger partial charge in [-0.1, -0.05) is 30.3 Å². The molecule has 4 nitrogen and oxygen atoms in total. The molecule has 1 aromatic carbocycles. The van der Waals surface area contributed by atoms with Crippen LogP contribution in [-0.2, 0) is 0 Å². The van der Waals surface area contributed by atoms with Crippen molar-refractivity contribution in [1.29, 1.82) is 0 Å². The molecule has 88 valence electrons. The van der Waals surface area contributed by atoms with Crippen molar-refractivity contribution in [3.8, 4) is 11.4 Å². The minimum Gasteiger partial charge on any atom is -0.341 e. The summed E-state index contributed by atoms with van der Waals surface area (Å²) in [6, 6.07) is 9.95. The molecule has 4 heteroatoms. The molecule has 2 aromatic rings. The van der Waals surface area contributed by atoms with Crippen molar-refractivity contribution in [3.05, 3.63) is 36.7 Å². The van der Waals surface area contributed by atoms with E-state index >= 15 is 0 Å². The molecule has 0 atom stereocenters. The lowest BCUT2D eigenvalue weighted by atomic mass is 10.2. The molecule has 0 aliphatic rings. The minimum atomic E-state index is 0.725. The summed E-state index contributed by atoms with van der Waals surface area (Å²) in [4.78, 5) is 15.0. The monoisotopic (exact) mass is 228 g/mol. The first-order chi connectivity index (χ1) is 8.35. The van der Waals surface area contributed by atoms with Gasteiger partial charge in [-0.05, 0) is 13.8 Å². The molecule has 1 aromatic heterocycles.